The van der Waals surface area contributed by atoms with Crippen LogP contribution in [-0.4, -0.2) is 24.9 Å². The molecule has 0 fully saturated rings. The Labute approximate surface area is 158 Å². The van der Waals surface area contributed by atoms with Gasteiger partial charge in [-0.05, 0) is 35.9 Å². The molecule has 27 heavy (non-hydrogen) atoms. The highest BCUT2D eigenvalue weighted by atomic mass is 16.3. The molecule has 0 unspecified atom stereocenters. The van der Waals surface area contributed by atoms with Crippen molar-refractivity contribution >= 4 is 24.1 Å². The van der Waals surface area contributed by atoms with Gasteiger partial charge in [-0.1, -0.05) is 36.4 Å². The number of hydrogen-bond donors (Lipinski definition) is 1. The predicted molar refractivity (Wildman–Crippen MR) is 108 cm³/mol. The van der Waals surface area contributed by atoms with E-state index in [1.807, 2.05) is 74.8 Å². The van der Waals surface area contributed by atoms with E-state index >= 15 is 0 Å². The molecule has 4 rings (SSSR count). The first-order chi connectivity index (χ1) is 13.1. The van der Waals surface area contributed by atoms with Gasteiger partial charge in [-0.2, -0.15) is 0 Å². The first kappa shape index (κ1) is 17.2. The smallest absolute Gasteiger partial charge is 0.228 e. The third-order valence-corrected chi connectivity index (χ3v) is 4.78. The summed E-state index contributed by atoms with van der Waals surface area (Å²) in [5, 5.41) is 3.02. The van der Waals surface area contributed by atoms with Crippen molar-refractivity contribution in [3.8, 4) is 0 Å². The van der Waals surface area contributed by atoms with E-state index in [1.165, 1.54) is 5.70 Å². The maximum absolute atomic E-state index is 12.4. The second kappa shape index (κ2) is 7.16. The number of nitrogens with one attached hydrogen (secondary N) is 1. The number of amides is 1. The zero-order valence-corrected chi connectivity index (χ0v) is 15.5. The number of furan rings is 1. The van der Waals surface area contributed by atoms with E-state index in [0.717, 1.165) is 39.6 Å². The molecule has 1 amide bonds. The van der Waals surface area contributed by atoms with Crippen molar-refractivity contribution in [2.45, 2.75) is 12.8 Å². The van der Waals surface area contributed by atoms with Crippen LogP contribution in [0.1, 0.15) is 16.7 Å². The standard InChI is InChI=1S/C23H22N2O2/c1-25(2)18-11-12-22-20(15-18)19-14-17(9-6-10-21(19)27-22)24-23(26)13-16-7-4-3-5-8-16/h3-12,14H,13,15H2,1-2H3,(H,24,26). The van der Waals surface area contributed by atoms with E-state index in [-0.39, 0.29) is 5.91 Å². The zero-order valence-electron chi connectivity index (χ0n) is 15.5. The fourth-order valence-electron chi connectivity index (χ4n) is 3.34. The lowest BCUT2D eigenvalue weighted by atomic mass is 10.0. The second-order valence-electron chi connectivity index (χ2n) is 6.95. The fourth-order valence-corrected chi connectivity index (χ4v) is 3.34. The Bertz CT molecular complexity index is 1080. The van der Waals surface area contributed by atoms with Crippen LogP contribution in [0.5, 0.6) is 0 Å². The van der Waals surface area contributed by atoms with E-state index in [0.29, 0.717) is 6.42 Å². The van der Waals surface area contributed by atoms with Gasteiger partial charge in [0, 0.05) is 43.0 Å². The fraction of sp³-hybridized carbons (Fsp3) is 0.174. The number of fused-ring (bicyclic) bond motifs is 3. The number of hydrogen-bond acceptors (Lipinski definition) is 3. The molecule has 0 bridgehead atoms. The van der Waals surface area contributed by atoms with Gasteiger partial charge in [0.05, 0.1) is 6.42 Å². The van der Waals surface area contributed by atoms with Gasteiger partial charge >= 0.3 is 0 Å². The Morgan fingerprint density at radius 3 is 2.70 bits per heavy atom. The Morgan fingerprint density at radius 2 is 1.93 bits per heavy atom. The molecule has 136 valence electrons. The number of nitrogens with zero attached hydrogens (tertiary/aromatic N) is 1. The summed E-state index contributed by atoms with van der Waals surface area (Å²) in [6, 6.07) is 9.75. The molecule has 4 nitrogen and oxygen atoms in total. The number of benzene rings is 1. The Balaban J connectivity index is 1.60. The minimum atomic E-state index is -0.0293. The highest BCUT2D eigenvalue weighted by Gasteiger charge is 2.17. The van der Waals surface area contributed by atoms with Crippen LogP contribution < -0.4 is 16.1 Å². The lowest BCUT2D eigenvalue weighted by molar-refractivity contribution is -0.119. The zero-order chi connectivity index (χ0) is 18.8. The molecule has 0 aliphatic heterocycles. The molecule has 0 atom stereocenters. The highest BCUT2D eigenvalue weighted by molar-refractivity contribution is 5.82. The molecule has 0 spiro atoms. The van der Waals surface area contributed by atoms with E-state index < -0.39 is 0 Å². The van der Waals surface area contributed by atoms with E-state index in [2.05, 4.69) is 16.3 Å². The van der Waals surface area contributed by atoms with Crippen molar-refractivity contribution < 1.29 is 9.21 Å². The first-order valence-corrected chi connectivity index (χ1v) is 9.04. The van der Waals surface area contributed by atoms with E-state index in [9.17, 15) is 4.79 Å². The molecule has 0 saturated heterocycles. The summed E-state index contributed by atoms with van der Waals surface area (Å²) >= 11 is 0. The van der Waals surface area contributed by atoms with Gasteiger partial charge in [0.1, 0.15) is 10.8 Å². The summed E-state index contributed by atoms with van der Waals surface area (Å²) in [6.45, 7) is 0. The number of likely N-dealkylation sites (N-methyl/N-ethyl adjacent to an activating group) is 1. The van der Waals surface area contributed by atoms with Crippen LogP contribution in [0.3, 0.4) is 0 Å². The van der Waals surface area contributed by atoms with Crippen LogP contribution >= 0.6 is 0 Å². The van der Waals surface area contributed by atoms with Crippen molar-refractivity contribution in [1.82, 2.24) is 10.2 Å². The van der Waals surface area contributed by atoms with Crippen LogP contribution in [0.4, 0.5) is 0 Å². The summed E-state index contributed by atoms with van der Waals surface area (Å²) < 4.78 is 6.00. The topological polar surface area (TPSA) is 45.5 Å². The summed E-state index contributed by atoms with van der Waals surface area (Å²) in [6.07, 6.45) is 13.0. The first-order valence-electron chi connectivity index (χ1n) is 9.04. The Hall–Kier alpha value is -3.27. The maximum atomic E-state index is 12.4. The number of carbonyl (C=O) groups excluding carboxylic acids is 1. The monoisotopic (exact) mass is 358 g/mol. The van der Waals surface area contributed by atoms with Crippen LogP contribution in [0.25, 0.3) is 18.2 Å². The Morgan fingerprint density at radius 1 is 1.11 bits per heavy atom. The average Bonchev–Trinajstić information content (AvgIpc) is 2.86. The number of carbonyl (C=O) groups is 1. The molecular weight excluding hydrogens is 336 g/mol. The summed E-state index contributed by atoms with van der Waals surface area (Å²) in [7, 11) is 4.09. The molecule has 0 saturated carbocycles. The molecular formula is C23H22N2O2. The predicted octanol–water partition coefficient (Wildman–Crippen LogP) is 2.11. The van der Waals surface area contributed by atoms with Crippen molar-refractivity contribution in [3.63, 3.8) is 0 Å². The van der Waals surface area contributed by atoms with Crippen molar-refractivity contribution in [1.29, 1.82) is 0 Å². The lowest BCUT2D eigenvalue weighted by Crippen LogP contribution is -2.24. The summed E-state index contributed by atoms with van der Waals surface area (Å²) in [5.41, 5.74) is 6.91. The van der Waals surface area contributed by atoms with E-state index in [4.69, 9.17) is 4.42 Å². The van der Waals surface area contributed by atoms with Crippen molar-refractivity contribution in [2.24, 2.45) is 0 Å². The average molecular weight is 358 g/mol. The van der Waals surface area contributed by atoms with E-state index in [1.54, 1.807) is 0 Å². The van der Waals surface area contributed by atoms with Gasteiger partial charge in [-0.15, -0.1) is 0 Å². The molecule has 4 heteroatoms. The van der Waals surface area contributed by atoms with Gasteiger partial charge in [0.25, 0.3) is 0 Å². The summed E-state index contributed by atoms with van der Waals surface area (Å²) in [5.74, 6) is -0.0293. The minimum absolute atomic E-state index is 0.0293. The number of allylic oxidation sites excluding steroid dienone is 4. The summed E-state index contributed by atoms with van der Waals surface area (Å²) in [4.78, 5) is 14.5. The Kier molecular flexibility index (Phi) is 4.55. The molecule has 2 aliphatic carbocycles. The van der Waals surface area contributed by atoms with Crippen LogP contribution in [-0.2, 0) is 17.6 Å². The maximum Gasteiger partial charge on any atom is 0.228 e. The van der Waals surface area contributed by atoms with Crippen LogP contribution in [0.15, 0.2) is 64.4 Å². The SMILES string of the molecule is CN(C)C1=CC=c2oc3c(c2C1)C=C(NC(=O)Cc1ccccc1)C=CC=3. The molecule has 2 aliphatic rings. The molecule has 1 heterocycles. The molecule has 1 aromatic heterocycles. The normalized spacial score (nSPS) is 14.6. The van der Waals surface area contributed by atoms with Gasteiger partial charge in [0.2, 0.25) is 5.91 Å². The van der Waals surface area contributed by atoms with Crippen molar-refractivity contribution in [3.05, 3.63) is 87.5 Å². The largest absolute Gasteiger partial charge is 0.456 e. The second-order valence-corrected chi connectivity index (χ2v) is 6.95. The quantitative estimate of drug-likeness (QED) is 0.911. The van der Waals surface area contributed by atoms with Crippen LogP contribution in [0.2, 0.25) is 0 Å². The molecule has 1 N–H and O–H groups in total. The van der Waals surface area contributed by atoms with Gasteiger partial charge < -0.3 is 14.6 Å². The van der Waals surface area contributed by atoms with Gasteiger partial charge in [0.15, 0.2) is 0 Å². The molecule has 2 aromatic rings. The molecule has 1 aromatic carbocycles. The highest BCUT2D eigenvalue weighted by Crippen LogP contribution is 2.17. The number of rotatable bonds is 4. The van der Waals surface area contributed by atoms with Gasteiger partial charge in [-0.25, -0.2) is 0 Å². The third kappa shape index (κ3) is 3.65. The molecule has 0 radical (unpaired) electrons. The van der Waals surface area contributed by atoms with Gasteiger partial charge in [-0.3, -0.25) is 4.79 Å². The lowest BCUT2D eigenvalue weighted by Gasteiger charge is -2.18. The third-order valence-electron chi connectivity index (χ3n) is 4.78. The van der Waals surface area contributed by atoms with Crippen molar-refractivity contribution in [2.75, 3.05) is 14.1 Å². The van der Waals surface area contributed by atoms with Crippen LogP contribution in [0, 0.1) is 0 Å². The minimum Gasteiger partial charge on any atom is -0.456 e.